The third-order valence-corrected chi connectivity index (χ3v) is 1.83. The topological polar surface area (TPSA) is 56.0 Å². The number of hydrogen-bond donors (Lipinski definition) is 1. The van der Waals surface area contributed by atoms with Crippen LogP contribution < -0.4 is 5.73 Å². The molecule has 1 rings (SSSR count). The minimum atomic E-state index is -0.221. The molecule has 0 aliphatic rings. The Morgan fingerprint density at radius 1 is 1.38 bits per heavy atom. The molecule has 0 radical (unpaired) electrons. The summed E-state index contributed by atoms with van der Waals surface area (Å²) in [5.41, 5.74) is 6.09. The van der Waals surface area contributed by atoms with E-state index in [1.807, 2.05) is 18.2 Å². The van der Waals surface area contributed by atoms with Crippen molar-refractivity contribution in [1.29, 1.82) is 0 Å². The van der Waals surface area contributed by atoms with Crippen LogP contribution in [0.3, 0.4) is 0 Å². The Hall–Kier alpha value is -1.38. The van der Waals surface area contributed by atoms with Crippen LogP contribution in [0, 0.1) is 0 Å². The van der Waals surface area contributed by atoms with Crippen molar-refractivity contribution >= 4 is 5.91 Å². The van der Waals surface area contributed by atoms with E-state index in [4.69, 9.17) is 5.73 Å². The fourth-order valence-electron chi connectivity index (χ4n) is 1.15. The highest BCUT2D eigenvalue weighted by atomic mass is 16.1. The van der Waals surface area contributed by atoms with Gasteiger partial charge in [-0.1, -0.05) is 6.07 Å². The largest absolute Gasteiger partial charge is 0.370 e. The summed E-state index contributed by atoms with van der Waals surface area (Å²) in [6, 6.07) is 5.85. The van der Waals surface area contributed by atoms with Crippen LogP contribution in [0.15, 0.2) is 24.4 Å². The van der Waals surface area contributed by atoms with E-state index in [2.05, 4.69) is 4.98 Å². The van der Waals surface area contributed by atoms with Crippen molar-refractivity contribution in [2.75, 3.05) is 0 Å². The number of carbonyl (C=O) groups is 1. The molecular weight excluding hydrogens is 164 g/mol. The average molecular weight is 178 g/mol. The van der Waals surface area contributed by atoms with Gasteiger partial charge in [-0.2, -0.15) is 0 Å². The zero-order valence-corrected chi connectivity index (χ0v) is 7.57. The molecule has 3 heteroatoms. The lowest BCUT2D eigenvalue weighted by atomic mass is 10.1. The molecule has 0 unspecified atom stereocenters. The van der Waals surface area contributed by atoms with E-state index in [1.165, 1.54) is 0 Å². The van der Waals surface area contributed by atoms with Crippen LogP contribution in [0.25, 0.3) is 0 Å². The summed E-state index contributed by atoms with van der Waals surface area (Å²) >= 11 is 0. The Morgan fingerprint density at radius 2 is 2.23 bits per heavy atom. The summed E-state index contributed by atoms with van der Waals surface area (Å²) in [4.78, 5) is 14.6. The van der Waals surface area contributed by atoms with E-state index in [9.17, 15) is 4.79 Å². The summed E-state index contributed by atoms with van der Waals surface area (Å²) in [5, 5.41) is 0. The number of rotatable bonds is 5. The number of amides is 1. The Bertz CT molecular complexity index is 259. The predicted octanol–water partition coefficient (Wildman–Crippen LogP) is 1.28. The average Bonchev–Trinajstić information content (AvgIpc) is 2.14. The van der Waals surface area contributed by atoms with Gasteiger partial charge in [-0.3, -0.25) is 9.78 Å². The molecule has 1 heterocycles. The van der Waals surface area contributed by atoms with Crippen LogP contribution in [0.1, 0.15) is 25.0 Å². The predicted molar refractivity (Wildman–Crippen MR) is 51.0 cm³/mol. The van der Waals surface area contributed by atoms with E-state index >= 15 is 0 Å². The van der Waals surface area contributed by atoms with Crippen molar-refractivity contribution in [2.24, 2.45) is 5.73 Å². The van der Waals surface area contributed by atoms with Crippen molar-refractivity contribution in [1.82, 2.24) is 4.98 Å². The second-order valence-electron chi connectivity index (χ2n) is 2.99. The molecule has 0 aromatic carbocycles. The molecule has 0 aliphatic carbocycles. The second kappa shape index (κ2) is 5.30. The van der Waals surface area contributed by atoms with E-state index in [0.717, 1.165) is 25.0 Å². The van der Waals surface area contributed by atoms with Crippen molar-refractivity contribution in [3.63, 3.8) is 0 Å². The van der Waals surface area contributed by atoms with Crippen LogP contribution in [-0.4, -0.2) is 10.9 Å². The molecular formula is C10H14N2O. The number of carbonyl (C=O) groups excluding carboxylic acids is 1. The van der Waals surface area contributed by atoms with Gasteiger partial charge in [-0.15, -0.1) is 0 Å². The first-order valence-corrected chi connectivity index (χ1v) is 4.47. The molecule has 0 saturated carbocycles. The maximum Gasteiger partial charge on any atom is 0.217 e. The van der Waals surface area contributed by atoms with Crippen LogP contribution in [0.2, 0.25) is 0 Å². The molecule has 0 spiro atoms. The minimum Gasteiger partial charge on any atom is -0.370 e. The van der Waals surface area contributed by atoms with Gasteiger partial charge in [0.05, 0.1) is 0 Å². The number of pyridine rings is 1. The third kappa shape index (κ3) is 4.25. The zero-order chi connectivity index (χ0) is 9.52. The number of aromatic nitrogens is 1. The summed E-state index contributed by atoms with van der Waals surface area (Å²) in [7, 11) is 0. The van der Waals surface area contributed by atoms with E-state index in [1.54, 1.807) is 6.20 Å². The lowest BCUT2D eigenvalue weighted by Gasteiger charge is -1.98. The van der Waals surface area contributed by atoms with Gasteiger partial charge in [-0.25, -0.2) is 0 Å². The number of hydrogen-bond acceptors (Lipinski definition) is 2. The monoisotopic (exact) mass is 178 g/mol. The smallest absolute Gasteiger partial charge is 0.217 e. The maximum absolute atomic E-state index is 10.4. The van der Waals surface area contributed by atoms with Crippen LogP contribution in [-0.2, 0) is 11.2 Å². The molecule has 2 N–H and O–H groups in total. The molecule has 0 saturated heterocycles. The van der Waals surface area contributed by atoms with Crippen molar-refractivity contribution in [3.05, 3.63) is 30.1 Å². The maximum atomic E-state index is 10.4. The molecule has 70 valence electrons. The van der Waals surface area contributed by atoms with Gasteiger partial charge in [0.1, 0.15) is 0 Å². The van der Waals surface area contributed by atoms with Gasteiger partial charge in [-0.05, 0) is 31.4 Å². The summed E-state index contributed by atoms with van der Waals surface area (Å²) in [5.74, 6) is -0.221. The van der Waals surface area contributed by atoms with Crippen molar-refractivity contribution in [2.45, 2.75) is 25.7 Å². The highest BCUT2D eigenvalue weighted by molar-refractivity contribution is 5.73. The number of nitrogens with zero attached hydrogens (tertiary/aromatic N) is 1. The SMILES string of the molecule is NC(=O)CCCCc1ccccn1. The molecule has 13 heavy (non-hydrogen) atoms. The number of primary amides is 1. The van der Waals surface area contributed by atoms with Crippen molar-refractivity contribution < 1.29 is 4.79 Å². The molecule has 0 aliphatic heterocycles. The first-order valence-electron chi connectivity index (χ1n) is 4.47. The molecule has 3 nitrogen and oxygen atoms in total. The molecule has 1 aromatic rings. The Balaban J connectivity index is 2.17. The number of unbranched alkanes of at least 4 members (excludes halogenated alkanes) is 1. The Labute approximate surface area is 78.0 Å². The van der Waals surface area contributed by atoms with Crippen LogP contribution in [0.4, 0.5) is 0 Å². The quantitative estimate of drug-likeness (QED) is 0.690. The van der Waals surface area contributed by atoms with Gasteiger partial charge in [0, 0.05) is 18.3 Å². The highest BCUT2D eigenvalue weighted by Gasteiger charge is 1.96. The van der Waals surface area contributed by atoms with E-state index in [0.29, 0.717) is 6.42 Å². The van der Waals surface area contributed by atoms with Crippen molar-refractivity contribution in [3.8, 4) is 0 Å². The van der Waals surface area contributed by atoms with Gasteiger partial charge in [0.25, 0.3) is 0 Å². The molecule has 0 fully saturated rings. The van der Waals surface area contributed by atoms with E-state index in [-0.39, 0.29) is 5.91 Å². The fraction of sp³-hybridized carbons (Fsp3) is 0.400. The zero-order valence-electron chi connectivity index (χ0n) is 7.57. The van der Waals surface area contributed by atoms with Gasteiger partial charge >= 0.3 is 0 Å². The number of nitrogens with two attached hydrogens (primary N) is 1. The Morgan fingerprint density at radius 3 is 2.85 bits per heavy atom. The minimum absolute atomic E-state index is 0.221. The lowest BCUT2D eigenvalue weighted by Crippen LogP contribution is -2.09. The molecule has 1 amide bonds. The summed E-state index contributed by atoms with van der Waals surface area (Å²) in [6.07, 6.45) is 5.01. The molecule has 1 aromatic heterocycles. The van der Waals surface area contributed by atoms with E-state index < -0.39 is 0 Å². The highest BCUT2D eigenvalue weighted by Crippen LogP contribution is 2.02. The van der Waals surface area contributed by atoms with Crippen LogP contribution in [0.5, 0.6) is 0 Å². The standard InChI is InChI=1S/C10H14N2O/c11-10(13)7-2-1-5-9-6-3-4-8-12-9/h3-4,6,8H,1-2,5,7H2,(H2,11,13). The molecule has 0 bridgehead atoms. The van der Waals surface area contributed by atoms with Gasteiger partial charge in [0.15, 0.2) is 0 Å². The summed E-state index contributed by atoms with van der Waals surface area (Å²) in [6.45, 7) is 0. The first-order chi connectivity index (χ1) is 6.29. The van der Waals surface area contributed by atoms with Gasteiger partial charge in [0.2, 0.25) is 5.91 Å². The summed E-state index contributed by atoms with van der Waals surface area (Å²) < 4.78 is 0. The second-order valence-corrected chi connectivity index (χ2v) is 2.99. The lowest BCUT2D eigenvalue weighted by molar-refractivity contribution is -0.118. The van der Waals surface area contributed by atoms with Crippen LogP contribution >= 0.6 is 0 Å². The number of aryl methyl sites for hydroxylation is 1. The normalized spacial score (nSPS) is 9.85. The first kappa shape index (κ1) is 9.71. The third-order valence-electron chi connectivity index (χ3n) is 1.83. The molecule has 0 atom stereocenters. The van der Waals surface area contributed by atoms with Gasteiger partial charge < -0.3 is 5.73 Å². The Kier molecular flexibility index (Phi) is 3.96. The fourth-order valence-corrected chi connectivity index (χ4v) is 1.15.